The standard InChI is InChI=1S/C12H24N4O/c13-12(17)9-16-6-3-10(4-7-16)15-11-2-1-5-14-8-11/h10-11,14-15H,1-9H2,(H2,13,17). The molecule has 5 nitrogen and oxygen atoms in total. The van der Waals surface area contributed by atoms with Gasteiger partial charge in [0.1, 0.15) is 0 Å². The van der Waals surface area contributed by atoms with Gasteiger partial charge in [0.15, 0.2) is 0 Å². The highest BCUT2D eigenvalue weighted by Gasteiger charge is 2.22. The summed E-state index contributed by atoms with van der Waals surface area (Å²) in [6, 6.07) is 1.25. The molecule has 17 heavy (non-hydrogen) atoms. The minimum absolute atomic E-state index is 0.215. The van der Waals surface area contributed by atoms with E-state index in [4.69, 9.17) is 5.73 Å². The van der Waals surface area contributed by atoms with Crippen molar-refractivity contribution >= 4 is 5.91 Å². The normalized spacial score (nSPS) is 28.1. The molecule has 0 spiro atoms. The van der Waals surface area contributed by atoms with Gasteiger partial charge >= 0.3 is 0 Å². The van der Waals surface area contributed by atoms with Crippen LogP contribution in [0.1, 0.15) is 25.7 Å². The molecule has 0 aromatic carbocycles. The maximum absolute atomic E-state index is 10.8. The van der Waals surface area contributed by atoms with Gasteiger partial charge in [-0.1, -0.05) is 0 Å². The first-order valence-corrected chi connectivity index (χ1v) is 6.71. The fourth-order valence-corrected chi connectivity index (χ4v) is 2.81. The molecule has 1 atom stereocenters. The Morgan fingerprint density at radius 1 is 1.29 bits per heavy atom. The van der Waals surface area contributed by atoms with E-state index in [1.807, 2.05) is 0 Å². The summed E-state index contributed by atoms with van der Waals surface area (Å²) in [6.07, 6.45) is 4.82. The Kier molecular flexibility index (Phi) is 4.76. The lowest BCUT2D eigenvalue weighted by atomic mass is 10.0. The number of hydrogen-bond acceptors (Lipinski definition) is 4. The predicted molar refractivity (Wildman–Crippen MR) is 67.7 cm³/mol. The van der Waals surface area contributed by atoms with Crippen molar-refractivity contribution in [2.45, 2.75) is 37.8 Å². The molecule has 2 saturated heterocycles. The molecule has 2 rings (SSSR count). The molecule has 98 valence electrons. The maximum atomic E-state index is 10.8. The van der Waals surface area contributed by atoms with Crippen LogP contribution in [0.5, 0.6) is 0 Å². The van der Waals surface area contributed by atoms with Crippen LogP contribution < -0.4 is 16.4 Å². The fraction of sp³-hybridized carbons (Fsp3) is 0.917. The lowest BCUT2D eigenvalue weighted by Crippen LogP contribution is -2.51. The average molecular weight is 240 g/mol. The third-order valence-corrected chi connectivity index (χ3v) is 3.74. The van der Waals surface area contributed by atoms with Gasteiger partial charge < -0.3 is 16.4 Å². The van der Waals surface area contributed by atoms with Gasteiger partial charge in [-0.3, -0.25) is 9.69 Å². The molecule has 0 aliphatic carbocycles. The summed E-state index contributed by atoms with van der Waals surface area (Å²) < 4.78 is 0. The first kappa shape index (κ1) is 12.8. The number of primary amides is 1. The van der Waals surface area contributed by atoms with Crippen LogP contribution in [0.25, 0.3) is 0 Å². The second-order valence-corrected chi connectivity index (χ2v) is 5.23. The number of carbonyl (C=O) groups is 1. The molecule has 1 amide bonds. The fourth-order valence-electron chi connectivity index (χ4n) is 2.81. The summed E-state index contributed by atoms with van der Waals surface area (Å²) in [7, 11) is 0. The first-order valence-electron chi connectivity index (χ1n) is 6.71. The molecule has 0 bridgehead atoms. The van der Waals surface area contributed by atoms with Gasteiger partial charge in [-0.25, -0.2) is 0 Å². The Morgan fingerprint density at radius 3 is 2.65 bits per heavy atom. The van der Waals surface area contributed by atoms with E-state index in [0.717, 1.165) is 39.0 Å². The van der Waals surface area contributed by atoms with Crippen LogP contribution in [0.4, 0.5) is 0 Å². The second-order valence-electron chi connectivity index (χ2n) is 5.23. The molecule has 2 fully saturated rings. The summed E-state index contributed by atoms with van der Waals surface area (Å²) in [4.78, 5) is 13.0. The summed E-state index contributed by atoms with van der Waals surface area (Å²) in [5, 5.41) is 7.15. The number of carbonyl (C=O) groups excluding carboxylic acids is 1. The molecule has 2 heterocycles. The number of piperidine rings is 2. The molecule has 5 heteroatoms. The third-order valence-electron chi connectivity index (χ3n) is 3.74. The van der Waals surface area contributed by atoms with E-state index in [1.165, 1.54) is 12.8 Å². The SMILES string of the molecule is NC(=O)CN1CCC(NC2CCCNC2)CC1. The van der Waals surface area contributed by atoms with Crippen molar-refractivity contribution in [3.63, 3.8) is 0 Å². The van der Waals surface area contributed by atoms with Gasteiger partial charge in [0.25, 0.3) is 0 Å². The second kappa shape index (κ2) is 6.33. The van der Waals surface area contributed by atoms with Gasteiger partial charge in [-0.15, -0.1) is 0 Å². The zero-order valence-electron chi connectivity index (χ0n) is 10.5. The van der Waals surface area contributed by atoms with Gasteiger partial charge in [-0.2, -0.15) is 0 Å². The van der Waals surface area contributed by atoms with E-state index in [-0.39, 0.29) is 5.91 Å². The van der Waals surface area contributed by atoms with E-state index in [1.54, 1.807) is 0 Å². The topological polar surface area (TPSA) is 70.4 Å². The van der Waals surface area contributed by atoms with E-state index in [9.17, 15) is 4.79 Å². The number of hydrogen-bond donors (Lipinski definition) is 3. The van der Waals surface area contributed by atoms with Gasteiger partial charge in [0.05, 0.1) is 6.54 Å². The van der Waals surface area contributed by atoms with Crippen molar-refractivity contribution in [3.05, 3.63) is 0 Å². The van der Waals surface area contributed by atoms with E-state index in [0.29, 0.717) is 18.6 Å². The Hall–Kier alpha value is -0.650. The van der Waals surface area contributed by atoms with Crippen LogP contribution in [-0.2, 0) is 4.79 Å². The van der Waals surface area contributed by atoms with Gasteiger partial charge in [-0.05, 0) is 32.2 Å². The maximum Gasteiger partial charge on any atom is 0.231 e. The first-order chi connectivity index (χ1) is 8.24. The molecular weight excluding hydrogens is 216 g/mol. The molecule has 0 aromatic heterocycles. The Labute approximate surface area is 103 Å². The number of amides is 1. The quantitative estimate of drug-likeness (QED) is 0.606. The molecule has 2 aliphatic heterocycles. The van der Waals surface area contributed by atoms with Crippen LogP contribution in [0.3, 0.4) is 0 Å². The lowest BCUT2D eigenvalue weighted by Gasteiger charge is -2.35. The highest BCUT2D eigenvalue weighted by molar-refractivity contribution is 5.75. The highest BCUT2D eigenvalue weighted by atomic mass is 16.1. The summed E-state index contributed by atoms with van der Waals surface area (Å²) in [6.45, 7) is 4.65. The Bertz CT molecular complexity index is 245. The number of likely N-dealkylation sites (tertiary alicyclic amines) is 1. The zero-order valence-corrected chi connectivity index (χ0v) is 10.5. The smallest absolute Gasteiger partial charge is 0.231 e. The van der Waals surface area contributed by atoms with Gasteiger partial charge in [0.2, 0.25) is 5.91 Å². The number of nitrogens with one attached hydrogen (secondary N) is 2. The molecule has 0 radical (unpaired) electrons. The molecule has 2 aliphatic rings. The average Bonchev–Trinajstić information content (AvgIpc) is 2.32. The van der Waals surface area contributed by atoms with E-state index in [2.05, 4.69) is 15.5 Å². The third kappa shape index (κ3) is 4.26. The summed E-state index contributed by atoms with van der Waals surface area (Å²) >= 11 is 0. The lowest BCUT2D eigenvalue weighted by molar-refractivity contribution is -0.119. The van der Waals surface area contributed by atoms with Crippen molar-refractivity contribution in [3.8, 4) is 0 Å². The minimum atomic E-state index is -0.215. The highest BCUT2D eigenvalue weighted by Crippen LogP contribution is 2.12. The largest absolute Gasteiger partial charge is 0.369 e. The van der Waals surface area contributed by atoms with Crippen molar-refractivity contribution in [1.29, 1.82) is 0 Å². The van der Waals surface area contributed by atoms with Crippen molar-refractivity contribution < 1.29 is 4.79 Å². The van der Waals surface area contributed by atoms with E-state index < -0.39 is 0 Å². The molecule has 1 unspecified atom stereocenters. The minimum Gasteiger partial charge on any atom is -0.369 e. The molecule has 4 N–H and O–H groups in total. The van der Waals surface area contributed by atoms with E-state index >= 15 is 0 Å². The predicted octanol–water partition coefficient (Wildman–Crippen LogP) is -0.722. The summed E-state index contributed by atoms with van der Waals surface area (Å²) in [5.74, 6) is -0.215. The van der Waals surface area contributed by atoms with Crippen LogP contribution in [0.2, 0.25) is 0 Å². The summed E-state index contributed by atoms with van der Waals surface area (Å²) in [5.41, 5.74) is 5.20. The zero-order chi connectivity index (χ0) is 12.1. The van der Waals surface area contributed by atoms with Crippen LogP contribution in [-0.4, -0.2) is 55.6 Å². The van der Waals surface area contributed by atoms with Crippen LogP contribution in [0, 0.1) is 0 Å². The molecule has 0 saturated carbocycles. The number of nitrogens with zero attached hydrogens (tertiary/aromatic N) is 1. The van der Waals surface area contributed by atoms with Crippen LogP contribution >= 0.6 is 0 Å². The monoisotopic (exact) mass is 240 g/mol. The molecular formula is C12H24N4O. The number of rotatable bonds is 4. The van der Waals surface area contributed by atoms with Crippen molar-refractivity contribution in [2.24, 2.45) is 5.73 Å². The van der Waals surface area contributed by atoms with Crippen LogP contribution in [0.15, 0.2) is 0 Å². The number of nitrogens with two attached hydrogens (primary N) is 1. The van der Waals surface area contributed by atoms with Gasteiger partial charge in [0, 0.05) is 31.7 Å². The Morgan fingerprint density at radius 2 is 2.06 bits per heavy atom. The van der Waals surface area contributed by atoms with Crippen molar-refractivity contribution in [1.82, 2.24) is 15.5 Å². The van der Waals surface area contributed by atoms with Crippen molar-refractivity contribution in [2.75, 3.05) is 32.7 Å². The Balaban J connectivity index is 1.66. The molecule has 0 aromatic rings.